The van der Waals surface area contributed by atoms with Crippen LogP contribution >= 0.6 is 0 Å². The highest BCUT2D eigenvalue weighted by Crippen LogP contribution is 2.32. The lowest BCUT2D eigenvalue weighted by Gasteiger charge is -2.34. The number of carbonyl (C=O) groups excluding carboxylic acids is 3. The summed E-state index contributed by atoms with van der Waals surface area (Å²) in [6.45, 7) is 10.8. The van der Waals surface area contributed by atoms with Crippen LogP contribution in [0.25, 0.3) is 0 Å². The van der Waals surface area contributed by atoms with Crippen LogP contribution in [0, 0.1) is 6.92 Å². The van der Waals surface area contributed by atoms with Crippen LogP contribution in [0.15, 0.2) is 18.2 Å². The molecule has 2 atom stereocenters. The highest BCUT2D eigenvalue weighted by atomic mass is 16.6. The van der Waals surface area contributed by atoms with E-state index in [2.05, 4.69) is 10.6 Å². The molecule has 0 spiro atoms. The van der Waals surface area contributed by atoms with Gasteiger partial charge in [-0.25, -0.2) is 4.79 Å². The monoisotopic (exact) mass is 493 g/mol. The third kappa shape index (κ3) is 9.76. The van der Waals surface area contributed by atoms with Crippen LogP contribution in [-0.4, -0.2) is 64.4 Å². The number of nitrogens with one attached hydrogen (secondary N) is 2. The number of hydrogen-bond acceptors (Lipinski definition) is 6. The number of ether oxygens (including phenoxy) is 1. The molecule has 1 aromatic carbocycles. The summed E-state index contributed by atoms with van der Waals surface area (Å²) >= 11 is 0. The number of amides is 3. The van der Waals surface area contributed by atoms with Gasteiger partial charge >= 0.3 is 6.09 Å². The Morgan fingerprint density at radius 2 is 1.74 bits per heavy atom. The fourth-order valence-corrected chi connectivity index (χ4v) is 3.57. The second-order valence-corrected chi connectivity index (χ2v) is 9.68. The number of para-hydroxylation sites is 1. The summed E-state index contributed by atoms with van der Waals surface area (Å²) in [5.41, 5.74) is 0.0708. The first-order valence-corrected chi connectivity index (χ1v) is 12.4. The number of phenolic OH excluding ortho intramolecular Hbond substituents is 1. The number of rotatable bonds is 13. The Kier molecular flexibility index (Phi) is 12.6. The molecule has 0 saturated carbocycles. The van der Waals surface area contributed by atoms with Crippen LogP contribution in [0.4, 0.5) is 4.79 Å². The Morgan fingerprint density at radius 1 is 1.09 bits per heavy atom. The molecule has 0 aromatic heterocycles. The third-order valence-electron chi connectivity index (χ3n) is 5.41. The summed E-state index contributed by atoms with van der Waals surface area (Å²) < 4.78 is 5.24. The van der Waals surface area contributed by atoms with Crippen molar-refractivity contribution in [2.45, 2.75) is 91.3 Å². The van der Waals surface area contributed by atoms with Gasteiger partial charge in [-0.05, 0) is 46.1 Å². The lowest BCUT2D eigenvalue weighted by molar-refractivity contribution is -0.143. The quantitative estimate of drug-likeness (QED) is 0.311. The van der Waals surface area contributed by atoms with Gasteiger partial charge in [-0.15, -0.1) is 0 Å². The maximum absolute atomic E-state index is 13.6. The largest absolute Gasteiger partial charge is 0.507 e. The third-order valence-corrected chi connectivity index (χ3v) is 5.41. The number of nitrogens with zero attached hydrogens (tertiary/aromatic N) is 1. The molecule has 0 bridgehead atoms. The van der Waals surface area contributed by atoms with E-state index in [1.54, 1.807) is 45.9 Å². The number of phenols is 1. The van der Waals surface area contributed by atoms with Crippen LogP contribution in [0.3, 0.4) is 0 Å². The van der Waals surface area contributed by atoms with Crippen molar-refractivity contribution in [3.63, 3.8) is 0 Å². The van der Waals surface area contributed by atoms with Crippen molar-refractivity contribution in [2.75, 3.05) is 19.7 Å². The molecule has 0 aliphatic rings. The van der Waals surface area contributed by atoms with Gasteiger partial charge in [0.2, 0.25) is 11.8 Å². The number of aliphatic hydroxyl groups is 1. The van der Waals surface area contributed by atoms with Gasteiger partial charge < -0.3 is 30.5 Å². The topological polar surface area (TPSA) is 128 Å². The van der Waals surface area contributed by atoms with Gasteiger partial charge in [0.05, 0.1) is 6.61 Å². The average molecular weight is 494 g/mol. The van der Waals surface area contributed by atoms with E-state index in [1.807, 2.05) is 13.8 Å². The van der Waals surface area contributed by atoms with Gasteiger partial charge in [0.1, 0.15) is 23.4 Å². The Balaban J connectivity index is 3.42. The molecule has 2 unspecified atom stereocenters. The Morgan fingerprint density at radius 3 is 2.31 bits per heavy atom. The second kappa shape index (κ2) is 14.6. The predicted octanol–water partition coefficient (Wildman–Crippen LogP) is 3.56. The van der Waals surface area contributed by atoms with E-state index in [0.717, 1.165) is 25.7 Å². The summed E-state index contributed by atoms with van der Waals surface area (Å²) in [6, 6.07) is 2.60. The van der Waals surface area contributed by atoms with E-state index in [-0.39, 0.29) is 17.9 Å². The summed E-state index contributed by atoms with van der Waals surface area (Å²) in [5.74, 6) is -1.14. The maximum Gasteiger partial charge on any atom is 0.408 e. The molecule has 35 heavy (non-hydrogen) atoms. The molecule has 0 aliphatic heterocycles. The number of unbranched alkanes of at least 4 members (excludes halogenated alkanes) is 3. The second-order valence-electron chi connectivity index (χ2n) is 9.68. The van der Waals surface area contributed by atoms with Crippen molar-refractivity contribution in [2.24, 2.45) is 0 Å². The van der Waals surface area contributed by atoms with Gasteiger partial charge in [0, 0.05) is 18.7 Å². The lowest BCUT2D eigenvalue weighted by Crippen LogP contribution is -2.54. The smallest absolute Gasteiger partial charge is 0.408 e. The first kappa shape index (κ1) is 30.2. The molecule has 0 radical (unpaired) electrons. The molecule has 4 N–H and O–H groups in total. The number of aryl methyl sites for hydroxylation is 1. The first-order chi connectivity index (χ1) is 16.5. The number of carbonyl (C=O) groups is 3. The SMILES string of the molecule is CCCCCN(C(=O)C(CO)NC(=O)OC(C)(C)C)C(C(=O)NCCCC)c1cccc(C)c1O. The van der Waals surface area contributed by atoms with Gasteiger partial charge in [0.25, 0.3) is 0 Å². The molecule has 0 fully saturated rings. The lowest BCUT2D eigenvalue weighted by atomic mass is 9.98. The van der Waals surface area contributed by atoms with E-state index in [4.69, 9.17) is 4.74 Å². The highest BCUT2D eigenvalue weighted by molar-refractivity contribution is 5.92. The van der Waals surface area contributed by atoms with Crippen molar-refractivity contribution in [3.05, 3.63) is 29.3 Å². The fraction of sp³-hybridized carbons (Fsp3) is 0.654. The van der Waals surface area contributed by atoms with E-state index < -0.39 is 42.2 Å². The Hall–Kier alpha value is -2.81. The number of aromatic hydroxyl groups is 1. The van der Waals surface area contributed by atoms with Crippen LogP contribution in [0.5, 0.6) is 5.75 Å². The van der Waals surface area contributed by atoms with Crippen LogP contribution < -0.4 is 10.6 Å². The molecule has 0 heterocycles. The van der Waals surface area contributed by atoms with Crippen molar-refractivity contribution >= 4 is 17.9 Å². The van der Waals surface area contributed by atoms with Crippen molar-refractivity contribution in [1.82, 2.24) is 15.5 Å². The first-order valence-electron chi connectivity index (χ1n) is 12.4. The van der Waals surface area contributed by atoms with E-state index in [9.17, 15) is 24.6 Å². The molecule has 1 rings (SSSR count). The molecule has 9 heteroatoms. The summed E-state index contributed by atoms with van der Waals surface area (Å²) in [6.07, 6.45) is 3.12. The number of aliphatic hydroxyl groups excluding tert-OH is 1. The number of hydrogen-bond donors (Lipinski definition) is 4. The minimum atomic E-state index is -1.32. The standard InChI is InChI=1S/C26H43N3O6/c1-7-9-11-16-29(24(33)20(17-30)28-25(34)35-26(4,5)6)21(23(32)27-15-10-8-2)19-14-12-13-18(3)22(19)31/h12-14,20-21,30-31H,7-11,15-17H2,1-6H3,(H,27,32)(H,28,34). The fourth-order valence-electron chi connectivity index (χ4n) is 3.57. The van der Waals surface area contributed by atoms with Crippen molar-refractivity contribution in [3.8, 4) is 5.75 Å². The maximum atomic E-state index is 13.6. The molecule has 1 aromatic rings. The molecule has 0 saturated heterocycles. The number of alkyl carbamates (subject to hydrolysis) is 1. The van der Waals surface area contributed by atoms with Crippen molar-refractivity contribution < 1.29 is 29.3 Å². The average Bonchev–Trinajstić information content (AvgIpc) is 2.78. The normalized spacial score (nSPS) is 13.0. The van der Waals surface area contributed by atoms with Crippen LogP contribution in [0.2, 0.25) is 0 Å². The van der Waals surface area contributed by atoms with Gasteiger partial charge in [-0.2, -0.15) is 0 Å². The van der Waals surface area contributed by atoms with Gasteiger partial charge in [-0.1, -0.05) is 51.3 Å². The minimum Gasteiger partial charge on any atom is -0.507 e. The summed E-state index contributed by atoms with van der Waals surface area (Å²) in [5, 5.41) is 26.0. The minimum absolute atomic E-state index is 0.0721. The zero-order valence-electron chi connectivity index (χ0n) is 22.0. The van der Waals surface area contributed by atoms with Gasteiger partial charge in [0.15, 0.2) is 0 Å². The zero-order chi connectivity index (χ0) is 26.6. The molecule has 3 amide bonds. The summed E-state index contributed by atoms with van der Waals surface area (Å²) in [4.78, 5) is 40.7. The van der Waals surface area contributed by atoms with Crippen LogP contribution in [0.1, 0.15) is 83.9 Å². The summed E-state index contributed by atoms with van der Waals surface area (Å²) in [7, 11) is 0. The number of benzene rings is 1. The molecule has 9 nitrogen and oxygen atoms in total. The van der Waals surface area contributed by atoms with E-state index >= 15 is 0 Å². The predicted molar refractivity (Wildman–Crippen MR) is 135 cm³/mol. The molecule has 0 aliphatic carbocycles. The zero-order valence-corrected chi connectivity index (χ0v) is 22.0. The molecular formula is C26H43N3O6. The van der Waals surface area contributed by atoms with E-state index in [0.29, 0.717) is 18.5 Å². The van der Waals surface area contributed by atoms with Crippen molar-refractivity contribution in [1.29, 1.82) is 0 Å². The Labute approximate surface area is 209 Å². The molecular weight excluding hydrogens is 450 g/mol. The highest BCUT2D eigenvalue weighted by Gasteiger charge is 2.37. The molecule has 198 valence electrons. The van der Waals surface area contributed by atoms with Gasteiger partial charge in [-0.3, -0.25) is 9.59 Å². The van der Waals surface area contributed by atoms with Crippen LogP contribution in [-0.2, 0) is 14.3 Å². The van der Waals surface area contributed by atoms with E-state index in [1.165, 1.54) is 4.90 Å². The Bertz CT molecular complexity index is 837.